The molecule has 0 aliphatic heterocycles. The van der Waals surface area contributed by atoms with Crippen LogP contribution in [0.15, 0.2) is 60.7 Å². The molecule has 0 amide bonds. The Morgan fingerprint density at radius 3 is 1.21 bits per heavy atom. The van der Waals surface area contributed by atoms with Crippen LogP contribution in [0.1, 0.15) is 20.7 Å². The molecule has 142 valence electrons. The highest BCUT2D eigenvalue weighted by Crippen LogP contribution is 2.10. The van der Waals surface area contributed by atoms with Crippen molar-refractivity contribution in [1.82, 2.24) is 0 Å². The van der Waals surface area contributed by atoms with Crippen LogP contribution in [0, 0.1) is 0 Å². The number of aromatic nitrogens is 2. The van der Waals surface area contributed by atoms with Crippen LogP contribution in [-0.4, -0.2) is 11.9 Å². The van der Waals surface area contributed by atoms with E-state index in [4.69, 9.17) is 32.6 Å². The van der Waals surface area contributed by atoms with E-state index in [-0.39, 0.29) is 34.4 Å². The van der Waals surface area contributed by atoms with Gasteiger partial charge in [0.05, 0.1) is 11.1 Å². The average molecular weight is 382 g/mol. The topological polar surface area (TPSA) is 164 Å². The van der Waals surface area contributed by atoms with Gasteiger partial charge in [0.25, 0.3) is 23.3 Å². The summed E-state index contributed by atoms with van der Waals surface area (Å²) < 4.78 is 1.90. The van der Waals surface area contributed by atoms with Gasteiger partial charge in [-0.2, -0.15) is 0 Å². The Kier molecular flexibility index (Phi) is 4.94. The molecule has 0 atom stereocenters. The van der Waals surface area contributed by atoms with Crippen molar-refractivity contribution in [2.45, 2.75) is 0 Å². The number of carbonyl (C=O) groups is 2. The number of benzene rings is 1. The van der Waals surface area contributed by atoms with Gasteiger partial charge >= 0.3 is 11.9 Å². The highest BCUT2D eigenvalue weighted by molar-refractivity contribution is 6.03. The number of hydrogen-bond donors (Lipinski definition) is 4. The van der Waals surface area contributed by atoms with Crippen LogP contribution in [0.4, 0.5) is 23.3 Å². The summed E-state index contributed by atoms with van der Waals surface area (Å²) in [6, 6.07) is 15.1. The van der Waals surface area contributed by atoms with Crippen molar-refractivity contribution in [1.29, 1.82) is 0 Å². The first-order valence-corrected chi connectivity index (χ1v) is 8.05. The van der Waals surface area contributed by atoms with E-state index < -0.39 is 11.9 Å². The first-order valence-electron chi connectivity index (χ1n) is 8.05. The van der Waals surface area contributed by atoms with Gasteiger partial charge < -0.3 is 22.9 Å². The van der Waals surface area contributed by atoms with E-state index in [0.29, 0.717) is 0 Å². The Labute approximate surface area is 159 Å². The Morgan fingerprint density at radius 1 is 0.571 bits per heavy atom. The van der Waals surface area contributed by atoms with Gasteiger partial charge in [-0.25, -0.2) is 9.59 Å². The predicted molar refractivity (Wildman–Crippen MR) is 99.2 cm³/mol. The van der Waals surface area contributed by atoms with Crippen molar-refractivity contribution >= 4 is 35.2 Å². The van der Waals surface area contributed by atoms with Gasteiger partial charge in [-0.1, -0.05) is 12.1 Å². The van der Waals surface area contributed by atoms with Crippen molar-refractivity contribution in [3.63, 3.8) is 0 Å². The smallest absolute Gasteiger partial charge is 0.316 e. The molecule has 0 aliphatic carbocycles. The molecule has 0 aliphatic rings. The zero-order valence-corrected chi connectivity index (χ0v) is 14.6. The molecule has 0 bridgehead atoms. The van der Waals surface area contributed by atoms with Crippen molar-refractivity contribution in [3.05, 3.63) is 71.8 Å². The Morgan fingerprint density at radius 2 is 0.893 bits per heavy atom. The standard InChI is InChI=1S/C18H16N6O4/c19-13-7-3-8-14(20)23(13)27-17(25)11-5-1-2-6-12(11)18(26)28-24-15(21)9-4-10-16(24)22/h1-10H,(H6,19,20,21,22)/p+2. The van der Waals surface area contributed by atoms with E-state index in [1.165, 1.54) is 36.4 Å². The number of anilines is 4. The van der Waals surface area contributed by atoms with Crippen LogP contribution in [0.2, 0.25) is 0 Å². The molecule has 28 heavy (non-hydrogen) atoms. The SMILES string of the molecule is Nc1cccc(N)[n+]1OC(=O)c1ccccc1C(=O)O[n+]1c(N)cccc1N. The number of rotatable bonds is 4. The van der Waals surface area contributed by atoms with Crippen molar-refractivity contribution < 1.29 is 28.7 Å². The summed E-state index contributed by atoms with van der Waals surface area (Å²) in [5.41, 5.74) is 22.9. The molecule has 3 rings (SSSR count). The van der Waals surface area contributed by atoms with Crippen molar-refractivity contribution in [3.8, 4) is 0 Å². The maximum absolute atomic E-state index is 12.6. The maximum Gasteiger partial charge on any atom is 0.382 e. The van der Waals surface area contributed by atoms with Crippen LogP contribution in [-0.2, 0) is 0 Å². The fourth-order valence-corrected chi connectivity index (χ4v) is 2.37. The minimum absolute atomic E-state index is 0.0590. The van der Waals surface area contributed by atoms with Gasteiger partial charge in [-0.3, -0.25) is 9.68 Å². The first kappa shape index (κ1) is 18.5. The maximum atomic E-state index is 12.6. The zero-order valence-electron chi connectivity index (χ0n) is 14.6. The molecular formula is C18H18N6O4+2. The third-order valence-electron chi connectivity index (χ3n) is 3.72. The van der Waals surface area contributed by atoms with Crippen LogP contribution in [0.3, 0.4) is 0 Å². The second-order valence-electron chi connectivity index (χ2n) is 5.64. The number of nitrogen functional groups attached to an aromatic ring is 4. The fraction of sp³-hybridized carbons (Fsp3) is 0. The van der Waals surface area contributed by atoms with E-state index in [1.54, 1.807) is 24.3 Å². The van der Waals surface area contributed by atoms with Crippen LogP contribution >= 0.6 is 0 Å². The number of nitrogens with zero attached hydrogens (tertiary/aromatic N) is 2. The highest BCUT2D eigenvalue weighted by atomic mass is 16.7. The second kappa shape index (κ2) is 7.50. The second-order valence-corrected chi connectivity index (χ2v) is 5.64. The molecule has 0 spiro atoms. The minimum Gasteiger partial charge on any atom is -0.316 e. The fourth-order valence-electron chi connectivity index (χ4n) is 2.37. The lowest BCUT2D eigenvalue weighted by atomic mass is 10.1. The molecule has 0 unspecified atom stereocenters. The predicted octanol–water partition coefficient (Wildman–Crippen LogP) is -0.872. The molecule has 3 aromatic rings. The van der Waals surface area contributed by atoms with E-state index in [1.807, 2.05) is 0 Å². The molecule has 10 heteroatoms. The third kappa shape index (κ3) is 3.60. The lowest BCUT2D eigenvalue weighted by Crippen LogP contribution is -2.51. The summed E-state index contributed by atoms with van der Waals surface area (Å²) in [5, 5.41) is 0. The van der Waals surface area contributed by atoms with Crippen molar-refractivity contribution in [2.75, 3.05) is 22.9 Å². The van der Waals surface area contributed by atoms with Gasteiger partial charge in [0.2, 0.25) is 0 Å². The van der Waals surface area contributed by atoms with E-state index in [9.17, 15) is 9.59 Å². The largest absolute Gasteiger partial charge is 0.382 e. The van der Waals surface area contributed by atoms with Crippen LogP contribution < -0.4 is 42.1 Å². The molecule has 2 heterocycles. The summed E-state index contributed by atoms with van der Waals surface area (Å²) in [6.45, 7) is 0. The highest BCUT2D eigenvalue weighted by Gasteiger charge is 2.25. The molecule has 0 saturated heterocycles. The monoisotopic (exact) mass is 382 g/mol. The van der Waals surface area contributed by atoms with Gasteiger partial charge in [0.1, 0.15) is 0 Å². The lowest BCUT2D eigenvalue weighted by Gasteiger charge is -2.10. The summed E-state index contributed by atoms with van der Waals surface area (Å²) in [5.74, 6) is -1.30. The number of carbonyl (C=O) groups excluding carboxylic acids is 2. The molecule has 2 aromatic heterocycles. The van der Waals surface area contributed by atoms with Crippen LogP contribution in [0.5, 0.6) is 0 Å². The van der Waals surface area contributed by atoms with Crippen molar-refractivity contribution in [2.24, 2.45) is 0 Å². The lowest BCUT2D eigenvalue weighted by molar-refractivity contribution is -0.844. The van der Waals surface area contributed by atoms with E-state index in [0.717, 1.165) is 9.46 Å². The van der Waals surface area contributed by atoms with E-state index in [2.05, 4.69) is 0 Å². The summed E-state index contributed by atoms with van der Waals surface area (Å²) in [7, 11) is 0. The Bertz CT molecular complexity index is 945. The molecule has 0 fully saturated rings. The molecule has 10 nitrogen and oxygen atoms in total. The summed E-state index contributed by atoms with van der Waals surface area (Å²) in [6.07, 6.45) is 0. The first-order chi connectivity index (χ1) is 13.4. The Balaban J connectivity index is 1.91. The van der Waals surface area contributed by atoms with Gasteiger partial charge in [-0.05, 0) is 33.7 Å². The number of hydrogen-bond acceptors (Lipinski definition) is 8. The van der Waals surface area contributed by atoms with Gasteiger partial charge in [-0.15, -0.1) is 0 Å². The molecule has 8 N–H and O–H groups in total. The Hall–Kier alpha value is -4.34. The number of pyridine rings is 2. The normalized spacial score (nSPS) is 10.3. The minimum atomic E-state index is -0.860. The molecular weight excluding hydrogens is 364 g/mol. The zero-order chi connectivity index (χ0) is 20.3. The molecule has 0 radical (unpaired) electrons. The average Bonchev–Trinajstić information content (AvgIpc) is 2.67. The summed E-state index contributed by atoms with van der Waals surface area (Å²) >= 11 is 0. The van der Waals surface area contributed by atoms with E-state index >= 15 is 0 Å². The third-order valence-corrected chi connectivity index (χ3v) is 3.72. The molecule has 0 saturated carbocycles. The summed E-state index contributed by atoms with van der Waals surface area (Å²) in [4.78, 5) is 35.7. The van der Waals surface area contributed by atoms with Gasteiger partial charge in [0.15, 0.2) is 0 Å². The van der Waals surface area contributed by atoms with Gasteiger partial charge in [0, 0.05) is 24.3 Å². The molecule has 1 aromatic carbocycles. The quantitative estimate of drug-likeness (QED) is 0.423. The number of nitrogens with two attached hydrogens (primary N) is 4. The van der Waals surface area contributed by atoms with Crippen LogP contribution in [0.25, 0.3) is 0 Å².